The van der Waals surface area contributed by atoms with Crippen LogP contribution in [0.4, 0.5) is 0 Å². The van der Waals surface area contributed by atoms with Crippen molar-refractivity contribution in [2.24, 2.45) is 0 Å². The topological polar surface area (TPSA) is 74.8 Å². The zero-order chi connectivity index (χ0) is 12.4. The molecule has 1 atom stereocenters. The molecular weight excluding hydrogens is 230 g/mol. The molecule has 18 heavy (non-hydrogen) atoms. The predicted molar refractivity (Wildman–Crippen MR) is 63.6 cm³/mol. The van der Waals surface area contributed by atoms with Gasteiger partial charge in [0.1, 0.15) is 5.69 Å². The van der Waals surface area contributed by atoms with Gasteiger partial charge < -0.3 is 9.88 Å². The van der Waals surface area contributed by atoms with Crippen LogP contribution in [0.25, 0.3) is 0 Å². The Morgan fingerprint density at radius 3 is 3.00 bits per heavy atom. The number of nitrogens with zero attached hydrogens (tertiary/aromatic N) is 4. The number of carbonyl (C=O) groups excluding carboxylic acids is 1. The van der Waals surface area contributed by atoms with Gasteiger partial charge in [0, 0.05) is 18.9 Å². The van der Waals surface area contributed by atoms with Crippen LogP contribution < -0.4 is 0 Å². The SMILES string of the molecule is O=C(c1cnc[nH]1)N1CCC[C@@H]1c1cnccn1. The Morgan fingerprint density at radius 2 is 2.28 bits per heavy atom. The third kappa shape index (κ3) is 1.85. The summed E-state index contributed by atoms with van der Waals surface area (Å²) in [4.78, 5) is 29.2. The van der Waals surface area contributed by atoms with Gasteiger partial charge in [0.15, 0.2) is 0 Å². The van der Waals surface area contributed by atoms with Crippen LogP contribution in [0.15, 0.2) is 31.1 Å². The highest BCUT2D eigenvalue weighted by molar-refractivity contribution is 5.92. The predicted octanol–water partition coefficient (Wildman–Crippen LogP) is 1.18. The Hall–Kier alpha value is -2.24. The van der Waals surface area contributed by atoms with Crippen LogP contribution >= 0.6 is 0 Å². The van der Waals surface area contributed by atoms with Gasteiger partial charge in [-0.1, -0.05) is 0 Å². The number of aromatic amines is 1. The van der Waals surface area contributed by atoms with Crippen molar-refractivity contribution < 1.29 is 4.79 Å². The molecule has 6 heteroatoms. The maximum Gasteiger partial charge on any atom is 0.272 e. The molecule has 1 amide bonds. The Labute approximate surface area is 104 Å². The first kappa shape index (κ1) is 10.9. The summed E-state index contributed by atoms with van der Waals surface area (Å²) in [5.74, 6) is -0.0272. The molecule has 3 heterocycles. The van der Waals surface area contributed by atoms with Crippen molar-refractivity contribution in [3.63, 3.8) is 0 Å². The number of likely N-dealkylation sites (tertiary alicyclic amines) is 1. The van der Waals surface area contributed by atoms with Crippen molar-refractivity contribution in [3.05, 3.63) is 42.5 Å². The van der Waals surface area contributed by atoms with Crippen molar-refractivity contribution in [2.45, 2.75) is 18.9 Å². The first-order valence-corrected chi connectivity index (χ1v) is 5.91. The number of nitrogens with one attached hydrogen (secondary N) is 1. The minimum atomic E-state index is -0.0272. The summed E-state index contributed by atoms with van der Waals surface area (Å²) in [6.45, 7) is 0.749. The number of carbonyl (C=O) groups is 1. The molecule has 1 N–H and O–H groups in total. The maximum atomic E-state index is 12.3. The van der Waals surface area contributed by atoms with E-state index in [2.05, 4.69) is 19.9 Å². The van der Waals surface area contributed by atoms with Gasteiger partial charge in [-0.3, -0.25) is 14.8 Å². The lowest BCUT2D eigenvalue weighted by atomic mass is 10.1. The molecule has 92 valence electrons. The third-order valence-corrected chi connectivity index (χ3v) is 3.17. The molecule has 0 radical (unpaired) electrons. The average molecular weight is 243 g/mol. The van der Waals surface area contributed by atoms with Crippen LogP contribution in [0.2, 0.25) is 0 Å². The van der Waals surface area contributed by atoms with Crippen molar-refractivity contribution in [1.29, 1.82) is 0 Å². The lowest BCUT2D eigenvalue weighted by Gasteiger charge is -2.23. The van der Waals surface area contributed by atoms with Gasteiger partial charge in [-0.25, -0.2) is 4.98 Å². The molecule has 0 saturated carbocycles. The highest BCUT2D eigenvalue weighted by Crippen LogP contribution is 2.31. The van der Waals surface area contributed by atoms with E-state index < -0.39 is 0 Å². The highest BCUT2D eigenvalue weighted by Gasteiger charge is 2.32. The Bertz CT molecular complexity index is 525. The summed E-state index contributed by atoms with van der Waals surface area (Å²) in [7, 11) is 0. The first-order chi connectivity index (χ1) is 8.86. The van der Waals surface area contributed by atoms with Crippen molar-refractivity contribution >= 4 is 5.91 Å². The zero-order valence-electron chi connectivity index (χ0n) is 9.78. The summed E-state index contributed by atoms with van der Waals surface area (Å²) < 4.78 is 0. The number of imidazole rings is 1. The molecule has 2 aromatic rings. The lowest BCUT2D eigenvalue weighted by molar-refractivity contribution is 0.0727. The van der Waals surface area contributed by atoms with E-state index in [4.69, 9.17) is 0 Å². The summed E-state index contributed by atoms with van der Waals surface area (Å²) in [5, 5.41) is 0. The number of aromatic nitrogens is 4. The monoisotopic (exact) mass is 243 g/mol. The molecule has 0 unspecified atom stereocenters. The summed E-state index contributed by atoms with van der Waals surface area (Å²) in [5.41, 5.74) is 1.37. The molecule has 1 fully saturated rings. The van der Waals surface area contributed by atoms with Gasteiger partial charge in [-0.2, -0.15) is 0 Å². The number of rotatable bonds is 2. The van der Waals surface area contributed by atoms with Crippen molar-refractivity contribution in [2.75, 3.05) is 6.54 Å². The maximum absolute atomic E-state index is 12.3. The normalized spacial score (nSPS) is 19.1. The summed E-state index contributed by atoms with van der Waals surface area (Å²) in [6.07, 6.45) is 10.0. The minimum absolute atomic E-state index is 0.0227. The second kappa shape index (κ2) is 4.56. The van der Waals surface area contributed by atoms with Gasteiger partial charge in [-0.05, 0) is 12.8 Å². The average Bonchev–Trinajstić information content (AvgIpc) is 3.10. The summed E-state index contributed by atoms with van der Waals surface area (Å²) in [6, 6.07) is 0.0227. The van der Waals surface area contributed by atoms with E-state index >= 15 is 0 Å². The Morgan fingerprint density at radius 1 is 1.33 bits per heavy atom. The quantitative estimate of drug-likeness (QED) is 0.859. The van der Waals surface area contributed by atoms with Crippen molar-refractivity contribution in [3.8, 4) is 0 Å². The Kier molecular flexibility index (Phi) is 2.76. The molecule has 1 aliphatic heterocycles. The van der Waals surface area contributed by atoms with Gasteiger partial charge in [-0.15, -0.1) is 0 Å². The van der Waals surface area contributed by atoms with E-state index in [1.807, 2.05) is 4.90 Å². The van der Waals surface area contributed by atoms with Crippen LogP contribution in [0, 0.1) is 0 Å². The number of hydrogen-bond acceptors (Lipinski definition) is 4. The smallest absolute Gasteiger partial charge is 0.272 e. The van der Waals surface area contributed by atoms with Crippen LogP contribution in [0.3, 0.4) is 0 Å². The number of H-pyrrole nitrogens is 1. The molecular formula is C12H13N5O. The van der Waals surface area contributed by atoms with E-state index in [-0.39, 0.29) is 11.9 Å². The van der Waals surface area contributed by atoms with Crippen LogP contribution in [-0.4, -0.2) is 37.3 Å². The van der Waals surface area contributed by atoms with E-state index in [9.17, 15) is 4.79 Å². The fraction of sp³-hybridized carbons (Fsp3) is 0.333. The standard InChI is InChI=1S/C12H13N5O/c18-12(10-7-14-8-16-10)17-5-1-2-11(17)9-6-13-3-4-15-9/h3-4,6-8,11H,1-2,5H2,(H,14,16)/t11-/m1/s1. The van der Waals surface area contributed by atoms with Crippen LogP contribution in [0.1, 0.15) is 35.1 Å². The lowest BCUT2D eigenvalue weighted by Crippen LogP contribution is -2.31. The molecule has 2 aromatic heterocycles. The third-order valence-electron chi connectivity index (χ3n) is 3.17. The molecule has 6 nitrogen and oxygen atoms in total. The van der Waals surface area contributed by atoms with E-state index in [0.29, 0.717) is 5.69 Å². The van der Waals surface area contributed by atoms with E-state index in [0.717, 1.165) is 25.1 Å². The minimum Gasteiger partial charge on any atom is -0.341 e. The fourth-order valence-corrected chi connectivity index (χ4v) is 2.33. The van der Waals surface area contributed by atoms with E-state index in [1.54, 1.807) is 24.8 Å². The highest BCUT2D eigenvalue weighted by atomic mass is 16.2. The molecule has 0 aromatic carbocycles. The number of amides is 1. The van der Waals surface area contributed by atoms with Crippen molar-refractivity contribution in [1.82, 2.24) is 24.8 Å². The largest absolute Gasteiger partial charge is 0.341 e. The van der Waals surface area contributed by atoms with Gasteiger partial charge in [0.25, 0.3) is 5.91 Å². The van der Waals surface area contributed by atoms with E-state index in [1.165, 1.54) is 6.33 Å². The number of hydrogen-bond donors (Lipinski definition) is 1. The van der Waals surface area contributed by atoms with Gasteiger partial charge >= 0.3 is 0 Å². The second-order valence-corrected chi connectivity index (χ2v) is 4.25. The zero-order valence-corrected chi connectivity index (χ0v) is 9.78. The second-order valence-electron chi connectivity index (χ2n) is 4.25. The molecule has 0 spiro atoms. The fourth-order valence-electron chi connectivity index (χ4n) is 2.33. The Balaban J connectivity index is 1.86. The van der Waals surface area contributed by atoms with Gasteiger partial charge in [0.2, 0.25) is 0 Å². The van der Waals surface area contributed by atoms with Crippen LogP contribution in [-0.2, 0) is 0 Å². The molecule has 0 bridgehead atoms. The molecule has 1 saturated heterocycles. The molecule has 1 aliphatic rings. The van der Waals surface area contributed by atoms with Gasteiger partial charge in [0.05, 0.1) is 30.5 Å². The molecule has 3 rings (SSSR count). The molecule has 0 aliphatic carbocycles. The van der Waals surface area contributed by atoms with Crippen LogP contribution in [0.5, 0.6) is 0 Å². The summed E-state index contributed by atoms with van der Waals surface area (Å²) >= 11 is 0. The first-order valence-electron chi connectivity index (χ1n) is 5.91.